The SMILES string of the molecule is CN[C@H](Cc1ccc(O)cc1)C(C)=O. The molecule has 1 rings (SSSR count). The average Bonchev–Trinajstić information content (AvgIpc) is 2.16. The largest absolute Gasteiger partial charge is 0.508 e. The van der Waals surface area contributed by atoms with Crippen molar-refractivity contribution in [3.05, 3.63) is 29.8 Å². The second-order valence-corrected chi connectivity index (χ2v) is 3.32. The van der Waals surface area contributed by atoms with E-state index in [9.17, 15) is 4.79 Å². The van der Waals surface area contributed by atoms with E-state index < -0.39 is 0 Å². The van der Waals surface area contributed by atoms with Gasteiger partial charge in [0.25, 0.3) is 0 Å². The number of likely N-dealkylation sites (N-methyl/N-ethyl adjacent to an activating group) is 1. The van der Waals surface area contributed by atoms with Crippen LogP contribution in [0.5, 0.6) is 5.75 Å². The number of carbonyl (C=O) groups excluding carboxylic acids is 1. The minimum Gasteiger partial charge on any atom is -0.508 e. The van der Waals surface area contributed by atoms with Gasteiger partial charge in [0.05, 0.1) is 6.04 Å². The van der Waals surface area contributed by atoms with E-state index in [0.717, 1.165) is 5.56 Å². The van der Waals surface area contributed by atoms with Crippen LogP contribution in [0.3, 0.4) is 0 Å². The van der Waals surface area contributed by atoms with Crippen molar-refractivity contribution >= 4 is 5.78 Å². The van der Waals surface area contributed by atoms with E-state index in [4.69, 9.17) is 5.11 Å². The highest BCUT2D eigenvalue weighted by atomic mass is 16.3. The molecule has 0 fully saturated rings. The molecule has 14 heavy (non-hydrogen) atoms. The molecule has 76 valence electrons. The van der Waals surface area contributed by atoms with Gasteiger partial charge in [-0.25, -0.2) is 0 Å². The van der Waals surface area contributed by atoms with Gasteiger partial charge in [0, 0.05) is 0 Å². The van der Waals surface area contributed by atoms with Crippen LogP contribution in [0, 0.1) is 0 Å². The maximum Gasteiger partial charge on any atom is 0.147 e. The first-order chi connectivity index (χ1) is 6.63. The molecule has 0 bridgehead atoms. The third-order valence-electron chi connectivity index (χ3n) is 2.22. The van der Waals surface area contributed by atoms with Crippen molar-refractivity contribution in [2.24, 2.45) is 0 Å². The van der Waals surface area contributed by atoms with E-state index in [0.29, 0.717) is 6.42 Å². The van der Waals surface area contributed by atoms with Gasteiger partial charge >= 0.3 is 0 Å². The van der Waals surface area contributed by atoms with Crippen LogP contribution < -0.4 is 5.32 Å². The Morgan fingerprint density at radius 2 is 2.00 bits per heavy atom. The molecule has 2 N–H and O–H groups in total. The van der Waals surface area contributed by atoms with Crippen LogP contribution in [0.1, 0.15) is 12.5 Å². The number of rotatable bonds is 4. The molecule has 0 aliphatic heterocycles. The van der Waals surface area contributed by atoms with Crippen LogP contribution in [-0.4, -0.2) is 24.0 Å². The van der Waals surface area contributed by atoms with Crippen molar-refractivity contribution in [2.45, 2.75) is 19.4 Å². The zero-order valence-corrected chi connectivity index (χ0v) is 8.45. The second kappa shape index (κ2) is 4.77. The van der Waals surface area contributed by atoms with Gasteiger partial charge in [0.15, 0.2) is 0 Å². The molecule has 0 saturated carbocycles. The highest BCUT2D eigenvalue weighted by Gasteiger charge is 2.11. The summed E-state index contributed by atoms with van der Waals surface area (Å²) in [5.41, 5.74) is 1.04. The summed E-state index contributed by atoms with van der Waals surface area (Å²) in [4.78, 5) is 11.1. The van der Waals surface area contributed by atoms with E-state index >= 15 is 0 Å². The number of aromatic hydroxyl groups is 1. The Kier molecular flexibility index (Phi) is 3.65. The molecule has 0 aliphatic rings. The Balaban J connectivity index is 2.67. The predicted molar refractivity (Wildman–Crippen MR) is 55.3 cm³/mol. The van der Waals surface area contributed by atoms with Crippen LogP contribution in [0.15, 0.2) is 24.3 Å². The number of hydrogen-bond acceptors (Lipinski definition) is 3. The van der Waals surface area contributed by atoms with Gasteiger partial charge in [0.2, 0.25) is 0 Å². The summed E-state index contributed by atoms with van der Waals surface area (Å²) in [7, 11) is 1.77. The van der Waals surface area contributed by atoms with Crippen LogP contribution in [-0.2, 0) is 11.2 Å². The van der Waals surface area contributed by atoms with Crippen LogP contribution in [0.4, 0.5) is 0 Å². The lowest BCUT2D eigenvalue weighted by Gasteiger charge is -2.12. The molecule has 0 heterocycles. The second-order valence-electron chi connectivity index (χ2n) is 3.32. The number of benzene rings is 1. The fraction of sp³-hybridized carbons (Fsp3) is 0.364. The minimum atomic E-state index is -0.139. The van der Waals surface area contributed by atoms with Gasteiger partial charge in [-0.2, -0.15) is 0 Å². The molecular formula is C11H15NO2. The van der Waals surface area contributed by atoms with E-state index in [1.165, 1.54) is 0 Å². The van der Waals surface area contributed by atoms with Gasteiger partial charge in [-0.3, -0.25) is 4.79 Å². The normalized spacial score (nSPS) is 12.4. The Labute approximate surface area is 83.8 Å². The van der Waals surface area contributed by atoms with Gasteiger partial charge < -0.3 is 10.4 Å². The molecule has 1 atom stereocenters. The number of nitrogens with one attached hydrogen (secondary N) is 1. The van der Waals surface area contributed by atoms with Crippen molar-refractivity contribution < 1.29 is 9.90 Å². The molecule has 0 saturated heterocycles. The summed E-state index contributed by atoms with van der Waals surface area (Å²) in [6.07, 6.45) is 0.659. The van der Waals surface area contributed by atoms with Gasteiger partial charge in [-0.1, -0.05) is 12.1 Å². The molecule has 3 heteroatoms. The minimum absolute atomic E-state index is 0.126. The summed E-state index contributed by atoms with van der Waals surface area (Å²) in [5, 5.41) is 12.0. The highest BCUT2D eigenvalue weighted by molar-refractivity contribution is 5.81. The zero-order chi connectivity index (χ0) is 10.6. The molecule has 0 aliphatic carbocycles. The first-order valence-electron chi connectivity index (χ1n) is 4.59. The van der Waals surface area contributed by atoms with Crippen LogP contribution >= 0.6 is 0 Å². The molecule has 0 aromatic heterocycles. The summed E-state index contributed by atoms with van der Waals surface area (Å²) in [6, 6.07) is 6.76. The molecule has 0 unspecified atom stereocenters. The lowest BCUT2D eigenvalue weighted by Crippen LogP contribution is -2.34. The fourth-order valence-corrected chi connectivity index (χ4v) is 1.32. The van der Waals surface area contributed by atoms with E-state index in [1.54, 1.807) is 26.1 Å². The summed E-state index contributed by atoms with van der Waals surface area (Å²) in [5.74, 6) is 0.373. The Morgan fingerprint density at radius 1 is 1.43 bits per heavy atom. The molecular weight excluding hydrogens is 178 g/mol. The fourth-order valence-electron chi connectivity index (χ4n) is 1.32. The van der Waals surface area contributed by atoms with Gasteiger partial charge in [-0.15, -0.1) is 0 Å². The quantitative estimate of drug-likeness (QED) is 0.753. The molecule has 1 aromatic rings. The van der Waals surface area contributed by atoms with Crippen LogP contribution in [0.25, 0.3) is 0 Å². The summed E-state index contributed by atoms with van der Waals surface area (Å²) < 4.78 is 0. The monoisotopic (exact) mass is 193 g/mol. The first-order valence-corrected chi connectivity index (χ1v) is 4.59. The Morgan fingerprint density at radius 3 is 2.43 bits per heavy atom. The summed E-state index contributed by atoms with van der Waals surface area (Å²) >= 11 is 0. The smallest absolute Gasteiger partial charge is 0.147 e. The van der Waals surface area contributed by atoms with E-state index in [-0.39, 0.29) is 17.6 Å². The van der Waals surface area contributed by atoms with Crippen molar-refractivity contribution in [3.63, 3.8) is 0 Å². The lowest BCUT2D eigenvalue weighted by molar-refractivity contribution is -0.118. The highest BCUT2D eigenvalue weighted by Crippen LogP contribution is 2.11. The third kappa shape index (κ3) is 2.85. The number of phenols is 1. The van der Waals surface area contributed by atoms with Gasteiger partial charge in [-0.05, 0) is 38.1 Å². The first kappa shape index (κ1) is 10.7. The predicted octanol–water partition coefficient (Wildman–Crippen LogP) is 1.11. The van der Waals surface area contributed by atoms with Crippen LogP contribution in [0.2, 0.25) is 0 Å². The molecule has 0 spiro atoms. The molecule has 0 amide bonds. The third-order valence-corrected chi connectivity index (χ3v) is 2.22. The molecule has 0 radical (unpaired) electrons. The standard InChI is InChI=1S/C11H15NO2/c1-8(13)11(12-2)7-9-3-5-10(14)6-4-9/h3-6,11-12,14H,7H2,1-2H3/t11-/m1/s1. The number of hydrogen-bond donors (Lipinski definition) is 2. The summed E-state index contributed by atoms with van der Waals surface area (Å²) in [6.45, 7) is 1.57. The maximum absolute atomic E-state index is 11.1. The number of phenolic OH excluding ortho intramolecular Hbond substituents is 1. The van der Waals surface area contributed by atoms with E-state index in [1.807, 2.05) is 12.1 Å². The maximum atomic E-state index is 11.1. The topological polar surface area (TPSA) is 49.3 Å². The van der Waals surface area contributed by atoms with Crippen molar-refractivity contribution in [1.29, 1.82) is 0 Å². The number of Topliss-reactive ketones (excluding diaryl/α,β-unsaturated/α-hetero) is 1. The average molecular weight is 193 g/mol. The molecule has 1 aromatic carbocycles. The Hall–Kier alpha value is -1.35. The van der Waals surface area contributed by atoms with E-state index in [2.05, 4.69) is 5.32 Å². The van der Waals surface area contributed by atoms with Crippen molar-refractivity contribution in [1.82, 2.24) is 5.32 Å². The zero-order valence-electron chi connectivity index (χ0n) is 8.45. The van der Waals surface area contributed by atoms with Crippen molar-refractivity contribution in [2.75, 3.05) is 7.05 Å². The van der Waals surface area contributed by atoms with Crippen molar-refractivity contribution in [3.8, 4) is 5.75 Å². The number of carbonyl (C=O) groups is 1. The Bertz CT molecular complexity index is 306. The lowest BCUT2D eigenvalue weighted by atomic mass is 10.0. The number of ketones is 1. The van der Waals surface area contributed by atoms with Gasteiger partial charge in [0.1, 0.15) is 11.5 Å². The molecule has 3 nitrogen and oxygen atoms in total.